The second-order valence-electron chi connectivity index (χ2n) is 7.30. The Balaban J connectivity index is 1.69. The van der Waals surface area contributed by atoms with Gasteiger partial charge in [-0.15, -0.1) is 0 Å². The third kappa shape index (κ3) is 4.48. The van der Waals surface area contributed by atoms with Gasteiger partial charge in [0.1, 0.15) is 29.6 Å². The van der Waals surface area contributed by atoms with Gasteiger partial charge in [-0.3, -0.25) is 4.79 Å². The molecule has 2 aromatic rings. The number of nitrogens with one attached hydrogen (secondary N) is 1. The van der Waals surface area contributed by atoms with Crippen molar-refractivity contribution in [3.8, 4) is 6.07 Å². The van der Waals surface area contributed by atoms with Crippen molar-refractivity contribution >= 4 is 17.5 Å². The second kappa shape index (κ2) is 9.02. The number of aliphatic hydroxyl groups is 1. The average Bonchev–Trinajstić information content (AvgIpc) is 2.74. The molecule has 0 saturated carbocycles. The molecule has 1 atom stereocenters. The van der Waals surface area contributed by atoms with Crippen molar-refractivity contribution < 1.29 is 14.3 Å². The van der Waals surface area contributed by atoms with Gasteiger partial charge in [-0.05, 0) is 37.0 Å². The number of carbonyl (C=O) groups is 1. The lowest BCUT2D eigenvalue weighted by Gasteiger charge is -2.39. The van der Waals surface area contributed by atoms with Gasteiger partial charge < -0.3 is 26.8 Å². The number of aliphatic hydroxyl groups excluding tert-OH is 1. The van der Waals surface area contributed by atoms with Crippen molar-refractivity contribution in [2.24, 2.45) is 5.73 Å². The van der Waals surface area contributed by atoms with E-state index in [1.165, 1.54) is 18.5 Å². The molecule has 0 bridgehead atoms. The van der Waals surface area contributed by atoms with E-state index in [1.807, 2.05) is 11.0 Å². The van der Waals surface area contributed by atoms with Gasteiger partial charge in [0, 0.05) is 19.7 Å². The highest BCUT2D eigenvalue weighted by molar-refractivity contribution is 5.87. The van der Waals surface area contributed by atoms with E-state index in [-0.39, 0.29) is 36.1 Å². The summed E-state index contributed by atoms with van der Waals surface area (Å²) in [4.78, 5) is 22.8. The first-order chi connectivity index (χ1) is 14.4. The van der Waals surface area contributed by atoms with Crippen LogP contribution in [0.5, 0.6) is 0 Å². The summed E-state index contributed by atoms with van der Waals surface area (Å²) in [6.45, 7) is 0.687. The molecule has 2 heterocycles. The molecule has 9 nitrogen and oxygen atoms in total. The molecule has 3 rings (SSSR count). The minimum absolute atomic E-state index is 0.107. The number of hydrogen-bond acceptors (Lipinski definition) is 8. The minimum Gasteiger partial charge on any atom is -0.396 e. The SMILES string of the molecule is N#Cc1c(N)ncnc1N1CCC(N)(C(=O)N[C@@H](CCO)c2ccc(F)cc2)CC1. The van der Waals surface area contributed by atoms with Crippen LogP contribution in [0, 0.1) is 17.1 Å². The molecule has 6 N–H and O–H groups in total. The highest BCUT2D eigenvalue weighted by Crippen LogP contribution is 2.28. The average molecular weight is 413 g/mol. The Hall–Kier alpha value is -3.29. The molecule has 1 amide bonds. The van der Waals surface area contributed by atoms with Gasteiger partial charge in [0.2, 0.25) is 5.91 Å². The van der Waals surface area contributed by atoms with E-state index in [9.17, 15) is 19.6 Å². The minimum atomic E-state index is -1.12. The standard InChI is InChI=1S/C20H24FN7O2/c21-14-3-1-13(2-4-14)16(5-10-29)27-19(30)20(24)6-8-28(9-7-20)18-15(11-22)17(23)25-12-26-18/h1-4,12,16,29H,5-10,24H2,(H,27,30)(H2,23,25,26)/t16-/m0/s1. The number of nitrogens with zero attached hydrogens (tertiary/aromatic N) is 4. The van der Waals surface area contributed by atoms with E-state index in [2.05, 4.69) is 15.3 Å². The fourth-order valence-electron chi connectivity index (χ4n) is 3.53. The molecule has 158 valence electrons. The molecule has 0 aliphatic carbocycles. The molecule has 10 heteroatoms. The number of halogens is 1. The maximum atomic E-state index is 13.2. The van der Waals surface area contributed by atoms with Crippen LogP contribution in [-0.2, 0) is 4.79 Å². The molecule has 0 spiro atoms. The fraction of sp³-hybridized carbons (Fsp3) is 0.400. The van der Waals surface area contributed by atoms with Crippen LogP contribution in [0.2, 0.25) is 0 Å². The lowest BCUT2D eigenvalue weighted by molar-refractivity contribution is -0.128. The van der Waals surface area contributed by atoms with E-state index < -0.39 is 11.6 Å². The number of nitrogen functional groups attached to an aromatic ring is 1. The van der Waals surface area contributed by atoms with E-state index in [0.29, 0.717) is 37.3 Å². The van der Waals surface area contributed by atoms with Gasteiger partial charge in [0.05, 0.1) is 11.6 Å². The molecule has 1 aromatic carbocycles. The first-order valence-electron chi connectivity index (χ1n) is 9.59. The van der Waals surface area contributed by atoms with Crippen molar-refractivity contribution in [2.45, 2.75) is 30.8 Å². The van der Waals surface area contributed by atoms with Crippen molar-refractivity contribution in [1.82, 2.24) is 15.3 Å². The number of amides is 1. The predicted octanol–water partition coefficient (Wildman–Crippen LogP) is 0.607. The van der Waals surface area contributed by atoms with Crippen LogP contribution in [0.3, 0.4) is 0 Å². The smallest absolute Gasteiger partial charge is 0.240 e. The number of benzene rings is 1. The molecule has 1 aromatic heterocycles. The number of nitriles is 1. The van der Waals surface area contributed by atoms with E-state index >= 15 is 0 Å². The van der Waals surface area contributed by atoms with E-state index in [1.54, 1.807) is 12.1 Å². The molecule has 1 aliphatic rings. The van der Waals surface area contributed by atoms with Crippen molar-refractivity contribution in [2.75, 3.05) is 30.3 Å². The van der Waals surface area contributed by atoms with Gasteiger partial charge in [-0.25, -0.2) is 14.4 Å². The fourth-order valence-corrected chi connectivity index (χ4v) is 3.53. The van der Waals surface area contributed by atoms with Crippen LogP contribution in [0.1, 0.15) is 36.4 Å². The Labute approximate surface area is 173 Å². The summed E-state index contributed by atoms with van der Waals surface area (Å²) in [6, 6.07) is 7.30. The third-order valence-corrected chi connectivity index (χ3v) is 5.37. The van der Waals surface area contributed by atoms with Crippen LogP contribution in [0.25, 0.3) is 0 Å². The van der Waals surface area contributed by atoms with Gasteiger partial charge in [0.25, 0.3) is 0 Å². The second-order valence-corrected chi connectivity index (χ2v) is 7.30. The molecule has 0 unspecified atom stereocenters. The topological polar surface area (TPSA) is 154 Å². The number of carbonyl (C=O) groups excluding carboxylic acids is 1. The summed E-state index contributed by atoms with van der Waals surface area (Å²) in [5.74, 6) is -0.182. The zero-order valence-corrected chi connectivity index (χ0v) is 16.4. The zero-order chi connectivity index (χ0) is 21.7. The molecule has 1 aliphatic heterocycles. The first kappa shape index (κ1) is 21.4. The Kier molecular flexibility index (Phi) is 6.44. The summed E-state index contributed by atoms with van der Waals surface area (Å²) in [5, 5.41) is 21.6. The monoisotopic (exact) mass is 413 g/mol. The number of piperidine rings is 1. The maximum absolute atomic E-state index is 13.2. The van der Waals surface area contributed by atoms with Crippen LogP contribution in [0.15, 0.2) is 30.6 Å². The molecule has 1 saturated heterocycles. The zero-order valence-electron chi connectivity index (χ0n) is 16.4. The predicted molar refractivity (Wildman–Crippen MR) is 109 cm³/mol. The summed E-state index contributed by atoms with van der Waals surface area (Å²) in [6.07, 6.45) is 2.25. The molecule has 1 fully saturated rings. The quantitative estimate of drug-likeness (QED) is 0.537. The Morgan fingerprint density at radius 3 is 2.60 bits per heavy atom. The van der Waals surface area contributed by atoms with Gasteiger partial charge >= 0.3 is 0 Å². The normalized spacial score (nSPS) is 16.5. The number of rotatable bonds is 6. The third-order valence-electron chi connectivity index (χ3n) is 5.37. The Morgan fingerprint density at radius 2 is 2.00 bits per heavy atom. The van der Waals surface area contributed by atoms with Gasteiger partial charge in [0.15, 0.2) is 5.82 Å². The lowest BCUT2D eigenvalue weighted by atomic mass is 9.86. The van der Waals surface area contributed by atoms with Crippen molar-refractivity contribution in [3.05, 3.63) is 47.5 Å². The number of anilines is 2. The molecule has 30 heavy (non-hydrogen) atoms. The van der Waals surface area contributed by atoms with Gasteiger partial charge in [-0.2, -0.15) is 5.26 Å². The van der Waals surface area contributed by atoms with Crippen LogP contribution < -0.4 is 21.7 Å². The van der Waals surface area contributed by atoms with Crippen molar-refractivity contribution in [3.63, 3.8) is 0 Å². The van der Waals surface area contributed by atoms with Gasteiger partial charge in [-0.1, -0.05) is 12.1 Å². The molecule has 0 radical (unpaired) electrons. The number of hydrogen-bond donors (Lipinski definition) is 4. The molecular weight excluding hydrogens is 389 g/mol. The van der Waals surface area contributed by atoms with Crippen LogP contribution >= 0.6 is 0 Å². The largest absolute Gasteiger partial charge is 0.396 e. The van der Waals surface area contributed by atoms with E-state index in [0.717, 1.165) is 0 Å². The highest BCUT2D eigenvalue weighted by Gasteiger charge is 2.39. The first-order valence-corrected chi connectivity index (χ1v) is 9.59. The number of nitrogens with two attached hydrogens (primary N) is 2. The summed E-state index contributed by atoms with van der Waals surface area (Å²) >= 11 is 0. The van der Waals surface area contributed by atoms with Crippen molar-refractivity contribution in [1.29, 1.82) is 5.26 Å². The highest BCUT2D eigenvalue weighted by atomic mass is 19.1. The summed E-state index contributed by atoms with van der Waals surface area (Å²) in [5.41, 5.74) is 11.9. The molecular formula is C20H24FN7O2. The lowest BCUT2D eigenvalue weighted by Crippen LogP contribution is -2.60. The number of aromatic nitrogens is 2. The summed E-state index contributed by atoms with van der Waals surface area (Å²) < 4.78 is 13.2. The van der Waals surface area contributed by atoms with E-state index in [4.69, 9.17) is 11.5 Å². The van der Waals surface area contributed by atoms with Crippen LogP contribution in [0.4, 0.5) is 16.0 Å². The Morgan fingerprint density at radius 1 is 1.33 bits per heavy atom. The summed E-state index contributed by atoms with van der Waals surface area (Å²) in [7, 11) is 0. The van der Waals surface area contributed by atoms with Crippen LogP contribution in [-0.4, -0.2) is 46.2 Å². The maximum Gasteiger partial charge on any atom is 0.240 e. The Bertz CT molecular complexity index is 937.